The first-order valence-electron chi connectivity index (χ1n) is 6.69. The highest BCUT2D eigenvalue weighted by molar-refractivity contribution is 7.90. The highest BCUT2D eigenvalue weighted by Crippen LogP contribution is 2.18. The highest BCUT2D eigenvalue weighted by atomic mass is 32.2. The predicted molar refractivity (Wildman–Crippen MR) is 77.6 cm³/mol. The van der Waals surface area contributed by atoms with Crippen LogP contribution in [0.15, 0.2) is 29.2 Å². The van der Waals surface area contributed by atoms with Gasteiger partial charge in [-0.05, 0) is 31.5 Å². The first-order chi connectivity index (χ1) is 10.4. The van der Waals surface area contributed by atoms with Crippen molar-refractivity contribution in [3.8, 4) is 0 Å². The van der Waals surface area contributed by atoms with Crippen LogP contribution in [0, 0.1) is 0 Å². The summed E-state index contributed by atoms with van der Waals surface area (Å²) in [4.78, 5) is 11.9. The van der Waals surface area contributed by atoms with Crippen LogP contribution in [-0.2, 0) is 19.4 Å². The van der Waals surface area contributed by atoms with Gasteiger partial charge in [0.2, 0.25) is 5.91 Å². The van der Waals surface area contributed by atoms with Gasteiger partial charge in [-0.25, -0.2) is 8.42 Å². The third-order valence-corrected chi connectivity index (χ3v) is 4.16. The number of hydrogen-bond acceptors (Lipinski definition) is 4. The van der Waals surface area contributed by atoms with Crippen molar-refractivity contribution in [1.29, 1.82) is 0 Å². The fourth-order valence-corrected chi connectivity index (χ4v) is 2.34. The van der Waals surface area contributed by atoms with Crippen molar-refractivity contribution in [2.24, 2.45) is 0 Å². The molecule has 2 atom stereocenters. The predicted octanol–water partition coefficient (Wildman–Crippen LogP) is 2.23. The van der Waals surface area contributed by atoms with Crippen LogP contribution in [-0.4, -0.2) is 39.5 Å². The number of amides is 1. The second kappa shape index (κ2) is 7.31. The molecule has 1 rings (SSSR count). The van der Waals surface area contributed by atoms with E-state index in [-0.39, 0.29) is 4.90 Å². The zero-order valence-corrected chi connectivity index (χ0v) is 13.7. The van der Waals surface area contributed by atoms with Gasteiger partial charge in [0.25, 0.3) is 0 Å². The smallest absolute Gasteiger partial charge is 0.359 e. The van der Waals surface area contributed by atoms with Crippen molar-refractivity contribution < 1.29 is 31.1 Å². The Hall–Kier alpha value is -1.61. The number of carbonyl (C=O) groups excluding carboxylic acids is 1. The van der Waals surface area contributed by atoms with Crippen molar-refractivity contribution in [1.82, 2.24) is 5.32 Å². The molecule has 1 N–H and O–H groups in total. The zero-order valence-electron chi connectivity index (χ0n) is 12.8. The molecular formula is C14H18F3NO4S. The first-order valence-corrected chi connectivity index (χ1v) is 8.58. The molecule has 0 aliphatic heterocycles. The van der Waals surface area contributed by atoms with E-state index in [9.17, 15) is 26.4 Å². The summed E-state index contributed by atoms with van der Waals surface area (Å²) < 4.78 is 63.3. The van der Waals surface area contributed by atoms with Crippen molar-refractivity contribution >= 4 is 15.7 Å². The van der Waals surface area contributed by atoms with Gasteiger partial charge in [-0.15, -0.1) is 0 Å². The molecule has 0 aliphatic carbocycles. The van der Waals surface area contributed by atoms with E-state index >= 15 is 0 Å². The van der Waals surface area contributed by atoms with E-state index in [2.05, 4.69) is 10.1 Å². The Balaban J connectivity index is 2.65. The van der Waals surface area contributed by atoms with Gasteiger partial charge >= 0.3 is 6.18 Å². The lowest BCUT2D eigenvalue weighted by Gasteiger charge is -2.19. The summed E-state index contributed by atoms with van der Waals surface area (Å²) in [5.74, 6) is -0.686. The van der Waals surface area contributed by atoms with E-state index in [1.54, 1.807) is 6.92 Å². The number of halogens is 3. The van der Waals surface area contributed by atoms with Gasteiger partial charge in [0, 0.05) is 6.26 Å². The van der Waals surface area contributed by atoms with E-state index in [1.165, 1.54) is 31.2 Å². The van der Waals surface area contributed by atoms with Crippen LogP contribution >= 0.6 is 0 Å². The van der Waals surface area contributed by atoms with Crippen molar-refractivity contribution in [2.75, 3.05) is 12.9 Å². The van der Waals surface area contributed by atoms with Crippen LogP contribution in [0.25, 0.3) is 0 Å². The van der Waals surface area contributed by atoms with Crippen LogP contribution in [0.2, 0.25) is 0 Å². The first kappa shape index (κ1) is 19.4. The standard InChI is InChI=1S/C14H18F3NO4S/c1-9(11-4-6-12(7-5-11)23(3,20)21)18-13(19)10(2)22-8-14(15,16)17/h4-7,9-10H,8H2,1-3H3,(H,18,19)/t9-,10+/m0/s1. The van der Waals surface area contributed by atoms with Crippen molar-refractivity contribution in [3.63, 3.8) is 0 Å². The van der Waals surface area contributed by atoms with E-state index in [0.717, 1.165) is 6.26 Å². The average Bonchev–Trinajstić information content (AvgIpc) is 2.43. The van der Waals surface area contributed by atoms with Gasteiger partial charge in [0.05, 0.1) is 10.9 Å². The third kappa shape index (κ3) is 6.57. The molecule has 0 aliphatic rings. The largest absolute Gasteiger partial charge is 0.411 e. The lowest BCUT2D eigenvalue weighted by molar-refractivity contribution is -0.185. The minimum Gasteiger partial charge on any atom is -0.359 e. The molecule has 0 unspecified atom stereocenters. The molecule has 0 fully saturated rings. The molecule has 5 nitrogen and oxygen atoms in total. The number of carbonyl (C=O) groups is 1. The molecule has 0 saturated heterocycles. The summed E-state index contributed by atoms with van der Waals surface area (Å²) in [6, 6.07) is 5.35. The molecule has 0 saturated carbocycles. The number of ether oxygens (including phenoxy) is 1. The summed E-state index contributed by atoms with van der Waals surface area (Å²) >= 11 is 0. The number of sulfone groups is 1. The maximum Gasteiger partial charge on any atom is 0.411 e. The van der Waals surface area contributed by atoms with Gasteiger partial charge in [0.1, 0.15) is 12.7 Å². The SMILES string of the molecule is C[C@H](NC(=O)[C@@H](C)OCC(F)(F)F)c1ccc(S(C)(=O)=O)cc1. The molecule has 0 heterocycles. The van der Waals surface area contributed by atoms with Crippen LogP contribution in [0.5, 0.6) is 0 Å². The van der Waals surface area contributed by atoms with Gasteiger partial charge in [0.15, 0.2) is 9.84 Å². The van der Waals surface area contributed by atoms with Crippen LogP contribution in [0.1, 0.15) is 25.5 Å². The maximum absolute atomic E-state index is 12.0. The molecule has 0 bridgehead atoms. The summed E-state index contributed by atoms with van der Waals surface area (Å²) in [5.41, 5.74) is 0.619. The highest BCUT2D eigenvalue weighted by Gasteiger charge is 2.30. The fourth-order valence-electron chi connectivity index (χ4n) is 1.71. The molecule has 130 valence electrons. The van der Waals surface area contributed by atoms with E-state index in [4.69, 9.17) is 0 Å². The maximum atomic E-state index is 12.0. The molecule has 0 spiro atoms. The summed E-state index contributed by atoms with van der Waals surface area (Å²) in [5, 5.41) is 2.51. The topological polar surface area (TPSA) is 72.5 Å². The molecule has 1 aromatic rings. The Morgan fingerprint density at radius 1 is 1.22 bits per heavy atom. The Labute approximate surface area is 132 Å². The Morgan fingerprint density at radius 3 is 2.17 bits per heavy atom. The van der Waals surface area contributed by atoms with Crippen LogP contribution in [0.4, 0.5) is 13.2 Å². The normalized spacial score (nSPS) is 15.0. The molecule has 23 heavy (non-hydrogen) atoms. The number of nitrogens with one attached hydrogen (secondary N) is 1. The Kier molecular flexibility index (Phi) is 6.18. The minimum atomic E-state index is -4.50. The minimum absolute atomic E-state index is 0.140. The fraction of sp³-hybridized carbons (Fsp3) is 0.500. The second-order valence-electron chi connectivity index (χ2n) is 5.14. The number of benzene rings is 1. The molecular weight excluding hydrogens is 335 g/mol. The number of rotatable bonds is 6. The van der Waals surface area contributed by atoms with Gasteiger partial charge in [-0.2, -0.15) is 13.2 Å². The van der Waals surface area contributed by atoms with E-state index in [0.29, 0.717) is 5.56 Å². The average molecular weight is 353 g/mol. The summed E-state index contributed by atoms with van der Waals surface area (Å²) in [6.07, 6.45) is -4.68. The van der Waals surface area contributed by atoms with Crippen LogP contribution in [0.3, 0.4) is 0 Å². The number of hydrogen-bond donors (Lipinski definition) is 1. The molecule has 9 heteroatoms. The lowest BCUT2D eigenvalue weighted by atomic mass is 10.1. The van der Waals surface area contributed by atoms with Gasteiger partial charge in [-0.3, -0.25) is 4.79 Å². The summed E-state index contributed by atoms with van der Waals surface area (Å²) in [6.45, 7) is 1.35. The quantitative estimate of drug-likeness (QED) is 0.851. The van der Waals surface area contributed by atoms with Crippen molar-refractivity contribution in [3.05, 3.63) is 29.8 Å². The van der Waals surface area contributed by atoms with E-state index in [1.807, 2.05) is 0 Å². The molecule has 0 aromatic heterocycles. The van der Waals surface area contributed by atoms with E-state index < -0.39 is 40.7 Å². The lowest BCUT2D eigenvalue weighted by Crippen LogP contribution is -2.37. The molecule has 0 radical (unpaired) electrons. The van der Waals surface area contributed by atoms with Crippen LogP contribution < -0.4 is 5.32 Å². The van der Waals surface area contributed by atoms with Crippen molar-refractivity contribution in [2.45, 2.75) is 37.1 Å². The monoisotopic (exact) mass is 353 g/mol. The van der Waals surface area contributed by atoms with Gasteiger partial charge in [-0.1, -0.05) is 12.1 Å². The molecule has 1 amide bonds. The number of alkyl halides is 3. The van der Waals surface area contributed by atoms with Gasteiger partial charge < -0.3 is 10.1 Å². The third-order valence-electron chi connectivity index (χ3n) is 3.03. The Bertz CT molecular complexity index is 641. The summed E-state index contributed by atoms with van der Waals surface area (Å²) in [7, 11) is -3.32. The molecule has 1 aromatic carbocycles. The zero-order chi connectivity index (χ0) is 17.8. The second-order valence-corrected chi connectivity index (χ2v) is 7.16. The Morgan fingerprint density at radius 2 is 1.74 bits per heavy atom.